The first-order valence-corrected chi connectivity index (χ1v) is 6.75. The van der Waals surface area contributed by atoms with Crippen molar-refractivity contribution < 1.29 is 9.53 Å². The Balaban J connectivity index is 2.13. The maximum atomic E-state index is 11.1. The highest BCUT2D eigenvalue weighted by atomic mass is 35.5. The van der Waals surface area contributed by atoms with E-state index in [0.717, 1.165) is 0 Å². The molecule has 0 amide bonds. The Labute approximate surface area is 132 Å². The van der Waals surface area contributed by atoms with E-state index in [9.17, 15) is 4.79 Å². The Morgan fingerprint density at radius 2 is 1.95 bits per heavy atom. The second-order valence-electron chi connectivity index (χ2n) is 4.30. The Hall–Kier alpha value is -2.84. The highest BCUT2D eigenvalue weighted by Crippen LogP contribution is 2.29. The standard InChI is InChI=1S/C16H12ClN3O2/c1-11(21)16(10-18)20-19-15-8-7-13(9-14(15)17)22-12-5-3-2-4-6-12/h2-9,19H,1H3/b20-16+. The fraction of sp³-hybridized carbons (Fsp3) is 0.0625. The largest absolute Gasteiger partial charge is 0.457 e. The van der Waals surface area contributed by atoms with Gasteiger partial charge in [0, 0.05) is 13.0 Å². The number of hydrogen-bond donors (Lipinski definition) is 1. The Morgan fingerprint density at radius 3 is 2.55 bits per heavy atom. The first-order valence-electron chi connectivity index (χ1n) is 6.37. The van der Waals surface area contributed by atoms with Gasteiger partial charge >= 0.3 is 0 Å². The van der Waals surface area contributed by atoms with Crippen LogP contribution in [0, 0.1) is 11.3 Å². The van der Waals surface area contributed by atoms with E-state index in [4.69, 9.17) is 21.6 Å². The number of carbonyl (C=O) groups is 1. The molecule has 0 fully saturated rings. The van der Waals surface area contributed by atoms with Crippen molar-refractivity contribution in [1.29, 1.82) is 5.26 Å². The Bertz CT molecular complexity index is 752. The van der Waals surface area contributed by atoms with Crippen LogP contribution in [0.1, 0.15) is 6.92 Å². The number of hydrazone groups is 1. The lowest BCUT2D eigenvalue weighted by atomic mass is 10.3. The van der Waals surface area contributed by atoms with E-state index < -0.39 is 5.78 Å². The van der Waals surface area contributed by atoms with Gasteiger partial charge in [-0.3, -0.25) is 10.2 Å². The minimum absolute atomic E-state index is 0.222. The summed E-state index contributed by atoms with van der Waals surface area (Å²) in [4.78, 5) is 11.1. The van der Waals surface area contributed by atoms with Crippen LogP contribution in [0.2, 0.25) is 5.02 Å². The van der Waals surface area contributed by atoms with E-state index in [0.29, 0.717) is 22.2 Å². The van der Waals surface area contributed by atoms with Crippen molar-refractivity contribution in [3.63, 3.8) is 0 Å². The van der Waals surface area contributed by atoms with Gasteiger partial charge in [-0.1, -0.05) is 29.8 Å². The molecule has 0 radical (unpaired) electrons. The van der Waals surface area contributed by atoms with Crippen molar-refractivity contribution in [2.24, 2.45) is 5.10 Å². The number of para-hydroxylation sites is 1. The van der Waals surface area contributed by atoms with Gasteiger partial charge in [0.05, 0.1) is 10.7 Å². The third-order valence-corrected chi connectivity index (χ3v) is 2.96. The SMILES string of the molecule is CC(=O)/C(C#N)=N/Nc1ccc(Oc2ccccc2)cc1Cl. The minimum Gasteiger partial charge on any atom is -0.457 e. The third-order valence-electron chi connectivity index (χ3n) is 2.65. The molecule has 0 heterocycles. The molecule has 0 saturated carbocycles. The number of Topliss-reactive ketones (excluding diaryl/α,β-unsaturated/α-hetero) is 1. The molecular formula is C16H12ClN3O2. The highest BCUT2D eigenvalue weighted by molar-refractivity contribution is 6.45. The lowest BCUT2D eigenvalue weighted by Gasteiger charge is -2.08. The number of nitrogens with one attached hydrogen (secondary N) is 1. The molecule has 2 aromatic rings. The number of anilines is 1. The van der Waals surface area contributed by atoms with Crippen LogP contribution in [0.4, 0.5) is 5.69 Å². The van der Waals surface area contributed by atoms with Crippen LogP contribution in [-0.4, -0.2) is 11.5 Å². The lowest BCUT2D eigenvalue weighted by Crippen LogP contribution is -2.09. The molecule has 6 heteroatoms. The van der Waals surface area contributed by atoms with Crippen LogP contribution in [0.3, 0.4) is 0 Å². The van der Waals surface area contributed by atoms with Gasteiger partial charge in [-0.05, 0) is 24.3 Å². The number of nitriles is 1. The number of rotatable bonds is 5. The zero-order chi connectivity index (χ0) is 15.9. The summed E-state index contributed by atoms with van der Waals surface area (Å²) in [6.45, 7) is 1.27. The monoisotopic (exact) mass is 313 g/mol. The molecule has 0 atom stereocenters. The van der Waals surface area contributed by atoms with E-state index in [2.05, 4.69) is 10.5 Å². The van der Waals surface area contributed by atoms with E-state index >= 15 is 0 Å². The van der Waals surface area contributed by atoms with Gasteiger partial charge in [0.2, 0.25) is 5.71 Å². The Morgan fingerprint density at radius 1 is 1.23 bits per heavy atom. The second kappa shape index (κ2) is 7.25. The molecule has 0 unspecified atom stereocenters. The van der Waals surface area contributed by atoms with Gasteiger partial charge in [-0.2, -0.15) is 10.4 Å². The van der Waals surface area contributed by atoms with Gasteiger partial charge in [-0.25, -0.2) is 0 Å². The van der Waals surface area contributed by atoms with Gasteiger partial charge in [0.25, 0.3) is 0 Å². The van der Waals surface area contributed by atoms with E-state index in [1.54, 1.807) is 24.3 Å². The average Bonchev–Trinajstić information content (AvgIpc) is 2.50. The zero-order valence-corrected chi connectivity index (χ0v) is 12.5. The molecule has 0 spiro atoms. The predicted octanol–water partition coefficient (Wildman–Crippen LogP) is 4.01. The Kier molecular flexibility index (Phi) is 5.12. The van der Waals surface area contributed by atoms with Crippen molar-refractivity contribution in [1.82, 2.24) is 0 Å². The molecule has 5 nitrogen and oxygen atoms in total. The van der Waals surface area contributed by atoms with Crippen LogP contribution in [-0.2, 0) is 4.79 Å². The summed E-state index contributed by atoms with van der Waals surface area (Å²) in [5.74, 6) is 0.841. The molecule has 0 bridgehead atoms. The smallest absolute Gasteiger partial charge is 0.203 e. The summed E-state index contributed by atoms with van der Waals surface area (Å²) in [6.07, 6.45) is 0. The van der Waals surface area contributed by atoms with Crippen LogP contribution in [0.25, 0.3) is 0 Å². The first-order chi connectivity index (χ1) is 10.6. The molecule has 110 valence electrons. The van der Waals surface area contributed by atoms with Crippen molar-refractivity contribution in [3.05, 3.63) is 53.6 Å². The second-order valence-corrected chi connectivity index (χ2v) is 4.70. The quantitative estimate of drug-likeness (QED) is 0.668. The van der Waals surface area contributed by atoms with Gasteiger partial charge < -0.3 is 4.74 Å². The first kappa shape index (κ1) is 15.5. The predicted molar refractivity (Wildman–Crippen MR) is 85.3 cm³/mol. The number of nitrogens with zero attached hydrogens (tertiary/aromatic N) is 2. The third kappa shape index (κ3) is 4.08. The summed E-state index contributed by atoms with van der Waals surface area (Å²) in [5, 5.41) is 12.8. The molecule has 1 N–H and O–H groups in total. The molecule has 22 heavy (non-hydrogen) atoms. The molecule has 0 aliphatic heterocycles. The number of ketones is 1. The van der Waals surface area contributed by atoms with Crippen LogP contribution in [0.15, 0.2) is 53.6 Å². The number of benzene rings is 2. The van der Waals surface area contributed by atoms with Crippen LogP contribution in [0.5, 0.6) is 11.5 Å². The number of ether oxygens (including phenoxy) is 1. The molecular weight excluding hydrogens is 302 g/mol. The average molecular weight is 314 g/mol. The number of hydrogen-bond acceptors (Lipinski definition) is 5. The summed E-state index contributed by atoms with van der Waals surface area (Å²) >= 11 is 6.12. The molecule has 2 rings (SSSR count). The topological polar surface area (TPSA) is 74.5 Å². The van der Waals surface area contributed by atoms with Crippen LogP contribution >= 0.6 is 11.6 Å². The van der Waals surface area contributed by atoms with Crippen molar-refractivity contribution in [3.8, 4) is 17.6 Å². The minimum atomic E-state index is -0.421. The maximum Gasteiger partial charge on any atom is 0.203 e. The number of halogens is 1. The molecule has 2 aromatic carbocycles. The van der Waals surface area contributed by atoms with E-state index in [1.165, 1.54) is 6.92 Å². The summed E-state index contributed by atoms with van der Waals surface area (Å²) in [6, 6.07) is 16.0. The molecule has 0 aromatic heterocycles. The fourth-order valence-electron chi connectivity index (χ4n) is 1.57. The van der Waals surface area contributed by atoms with E-state index in [1.807, 2.05) is 30.3 Å². The normalized spacial score (nSPS) is 10.7. The highest BCUT2D eigenvalue weighted by Gasteiger charge is 2.06. The van der Waals surface area contributed by atoms with Crippen molar-refractivity contribution in [2.75, 3.05) is 5.43 Å². The maximum absolute atomic E-state index is 11.1. The van der Waals surface area contributed by atoms with Gasteiger partial charge in [0.1, 0.15) is 17.6 Å². The lowest BCUT2D eigenvalue weighted by molar-refractivity contribution is -0.110. The summed E-state index contributed by atoms with van der Waals surface area (Å²) in [7, 11) is 0. The van der Waals surface area contributed by atoms with Crippen molar-refractivity contribution in [2.45, 2.75) is 6.92 Å². The van der Waals surface area contributed by atoms with Crippen LogP contribution < -0.4 is 10.2 Å². The summed E-state index contributed by atoms with van der Waals surface area (Å²) < 4.78 is 5.64. The summed E-state index contributed by atoms with van der Waals surface area (Å²) in [5.41, 5.74) is 2.84. The molecule has 0 saturated heterocycles. The molecule has 0 aliphatic carbocycles. The molecule has 0 aliphatic rings. The van der Waals surface area contributed by atoms with Crippen molar-refractivity contribution >= 4 is 28.8 Å². The fourth-order valence-corrected chi connectivity index (χ4v) is 1.79. The zero-order valence-electron chi connectivity index (χ0n) is 11.7. The van der Waals surface area contributed by atoms with E-state index in [-0.39, 0.29) is 5.71 Å². The van der Waals surface area contributed by atoms with Gasteiger partial charge in [-0.15, -0.1) is 0 Å². The van der Waals surface area contributed by atoms with Gasteiger partial charge in [0.15, 0.2) is 5.78 Å². The number of carbonyl (C=O) groups excluding carboxylic acids is 1.